The predicted molar refractivity (Wildman–Crippen MR) is 112 cm³/mol. The number of amides is 1. The summed E-state index contributed by atoms with van der Waals surface area (Å²) in [5, 5.41) is 15.9. The van der Waals surface area contributed by atoms with Crippen molar-refractivity contribution in [1.82, 2.24) is 20.3 Å². The summed E-state index contributed by atoms with van der Waals surface area (Å²) in [4.78, 5) is 25.6. The minimum Gasteiger partial charge on any atom is -0.396 e. The molecule has 2 aliphatic heterocycles. The fourth-order valence-corrected chi connectivity index (χ4v) is 4.20. The minimum atomic E-state index is -0.0469. The highest BCUT2D eigenvalue weighted by atomic mass is 16.3. The van der Waals surface area contributed by atoms with Gasteiger partial charge in [-0.1, -0.05) is 24.3 Å². The van der Waals surface area contributed by atoms with Crippen LogP contribution in [0.1, 0.15) is 40.5 Å². The van der Waals surface area contributed by atoms with Crippen molar-refractivity contribution in [1.29, 1.82) is 0 Å². The lowest BCUT2D eigenvalue weighted by atomic mass is 9.94. The van der Waals surface area contributed by atoms with Gasteiger partial charge >= 0.3 is 0 Å². The molecule has 1 amide bonds. The predicted octanol–water partition coefficient (Wildman–Crippen LogP) is 2.88. The molecular weight excluding hydrogens is 366 g/mol. The van der Waals surface area contributed by atoms with Crippen LogP contribution in [0.5, 0.6) is 0 Å². The summed E-state index contributed by atoms with van der Waals surface area (Å²) in [7, 11) is 0. The maximum absolute atomic E-state index is 12.4. The van der Waals surface area contributed by atoms with E-state index in [1.807, 2.05) is 31.2 Å². The lowest BCUT2D eigenvalue weighted by molar-refractivity contribution is 0.0940. The van der Waals surface area contributed by atoms with E-state index in [1.165, 1.54) is 0 Å². The Morgan fingerprint density at radius 3 is 3.00 bits per heavy atom. The number of carbonyl (C=O) groups excluding carboxylic acids is 1. The third kappa shape index (κ3) is 3.07. The normalized spacial score (nSPS) is 21.7. The highest BCUT2D eigenvalue weighted by Gasteiger charge is 2.28. The Kier molecular flexibility index (Phi) is 4.32. The van der Waals surface area contributed by atoms with Crippen molar-refractivity contribution < 1.29 is 9.90 Å². The van der Waals surface area contributed by atoms with E-state index in [9.17, 15) is 9.90 Å². The number of H-pyrrole nitrogens is 1. The molecule has 2 aliphatic rings. The van der Waals surface area contributed by atoms with Crippen LogP contribution < -0.4 is 10.6 Å². The van der Waals surface area contributed by atoms with Gasteiger partial charge in [0.25, 0.3) is 5.91 Å². The summed E-state index contributed by atoms with van der Waals surface area (Å²) in [6, 6.07) is 7.79. The molecule has 29 heavy (non-hydrogen) atoms. The van der Waals surface area contributed by atoms with Crippen molar-refractivity contribution in [3.63, 3.8) is 0 Å². The molecule has 0 spiro atoms. The van der Waals surface area contributed by atoms with Crippen LogP contribution in [-0.2, 0) is 0 Å². The zero-order valence-electron chi connectivity index (χ0n) is 16.2. The Bertz CT molecular complexity index is 1130. The molecule has 4 bridgehead atoms. The molecule has 148 valence electrons. The summed E-state index contributed by atoms with van der Waals surface area (Å²) in [5.41, 5.74) is 5.87. The Morgan fingerprint density at radius 2 is 2.14 bits per heavy atom. The molecule has 4 heterocycles. The van der Waals surface area contributed by atoms with E-state index in [2.05, 4.69) is 27.8 Å². The molecule has 0 saturated carbocycles. The number of hydrogen-bond acceptors (Lipinski definition) is 5. The van der Waals surface area contributed by atoms with E-state index in [1.54, 1.807) is 0 Å². The fraction of sp³-hybridized carbons (Fsp3) is 0.318. The van der Waals surface area contributed by atoms with Gasteiger partial charge in [0.05, 0.1) is 16.8 Å². The number of nitrogens with one attached hydrogen (secondary N) is 3. The summed E-state index contributed by atoms with van der Waals surface area (Å²) < 4.78 is 0. The number of para-hydroxylation sites is 1. The average Bonchev–Trinajstić information content (AvgIpc) is 3.16. The molecule has 0 radical (unpaired) electrons. The number of nitrogens with zero attached hydrogens (tertiary/aromatic N) is 2. The maximum Gasteiger partial charge on any atom is 0.253 e. The number of carbonyl (C=O) groups is 1. The van der Waals surface area contributed by atoms with Gasteiger partial charge in [-0.15, -0.1) is 0 Å². The number of aromatic nitrogens is 3. The highest BCUT2D eigenvalue weighted by molar-refractivity contribution is 6.00. The Hall–Kier alpha value is -3.19. The van der Waals surface area contributed by atoms with Gasteiger partial charge in [0.1, 0.15) is 11.3 Å². The van der Waals surface area contributed by atoms with Gasteiger partial charge in [0, 0.05) is 42.1 Å². The summed E-state index contributed by atoms with van der Waals surface area (Å²) in [5.74, 6) is 0.844. The molecule has 7 nitrogen and oxygen atoms in total. The molecule has 0 saturated heterocycles. The van der Waals surface area contributed by atoms with Gasteiger partial charge in [-0.3, -0.25) is 4.79 Å². The topological polar surface area (TPSA) is 103 Å². The van der Waals surface area contributed by atoms with Crippen molar-refractivity contribution in [2.75, 3.05) is 18.5 Å². The molecule has 0 fully saturated rings. The molecule has 2 atom stereocenters. The zero-order chi connectivity index (χ0) is 20.0. The third-order valence-corrected chi connectivity index (χ3v) is 5.72. The largest absolute Gasteiger partial charge is 0.396 e. The van der Waals surface area contributed by atoms with Gasteiger partial charge in [-0.2, -0.15) is 0 Å². The number of anilines is 1. The number of rotatable bonds is 2. The molecule has 3 aromatic rings. The molecule has 7 heteroatoms. The van der Waals surface area contributed by atoms with Crippen LogP contribution in [0.15, 0.2) is 36.4 Å². The molecule has 5 rings (SSSR count). The summed E-state index contributed by atoms with van der Waals surface area (Å²) in [6.07, 6.45) is 5.57. The first-order valence-corrected chi connectivity index (χ1v) is 9.97. The van der Waals surface area contributed by atoms with Gasteiger partial charge < -0.3 is 20.7 Å². The molecule has 1 aromatic carbocycles. The number of aromatic amines is 1. The number of aliphatic hydroxyl groups is 1. The SMILES string of the molecule is Cc1nc2cccc3c2nc1N[C@H](CCO)/C=C/C[C@H]1CNC(=O)c2cc-3[nH]c21. The van der Waals surface area contributed by atoms with Crippen LogP contribution in [-0.4, -0.2) is 45.2 Å². The second-order valence-electron chi connectivity index (χ2n) is 7.68. The van der Waals surface area contributed by atoms with Crippen molar-refractivity contribution >= 4 is 22.8 Å². The zero-order valence-corrected chi connectivity index (χ0v) is 16.2. The maximum atomic E-state index is 12.4. The van der Waals surface area contributed by atoms with Crippen LogP contribution in [0, 0.1) is 6.92 Å². The Morgan fingerprint density at radius 1 is 1.24 bits per heavy atom. The van der Waals surface area contributed by atoms with E-state index < -0.39 is 0 Å². The van der Waals surface area contributed by atoms with Crippen LogP contribution in [0.25, 0.3) is 22.3 Å². The standard InChI is InChI=1S/C22H23N5O2/c1-12-21-25-14(8-9-28)5-2-4-13-11-23-22(29)16-10-18(26-19(13)16)15-6-3-7-17(24-12)20(15)27-21/h2-3,5-7,10,13-14,26,28H,4,8-9,11H2,1H3,(H,23,29)(H,25,27)/b5-2+/t13-,14-/m0/s1. The number of hydrogen-bond donors (Lipinski definition) is 4. The van der Waals surface area contributed by atoms with E-state index in [0.717, 1.165) is 40.1 Å². The number of aliphatic hydroxyl groups excluding tert-OH is 1. The summed E-state index contributed by atoms with van der Waals surface area (Å²) >= 11 is 0. The molecule has 0 aliphatic carbocycles. The van der Waals surface area contributed by atoms with Crippen LogP contribution >= 0.6 is 0 Å². The number of benzene rings is 1. The average molecular weight is 389 g/mol. The third-order valence-electron chi connectivity index (χ3n) is 5.72. The van der Waals surface area contributed by atoms with Gasteiger partial charge in [-0.25, -0.2) is 9.97 Å². The monoisotopic (exact) mass is 389 g/mol. The van der Waals surface area contributed by atoms with E-state index >= 15 is 0 Å². The highest BCUT2D eigenvalue weighted by Crippen LogP contribution is 2.34. The summed E-state index contributed by atoms with van der Waals surface area (Å²) in [6.45, 7) is 2.62. The molecule has 0 unspecified atom stereocenters. The van der Waals surface area contributed by atoms with Gasteiger partial charge in [-0.05, 0) is 31.9 Å². The Balaban J connectivity index is 1.75. The quantitative estimate of drug-likeness (QED) is 0.505. The molecular formula is C22H23N5O2. The van der Waals surface area contributed by atoms with Gasteiger partial charge in [0.15, 0.2) is 0 Å². The van der Waals surface area contributed by atoms with Crippen molar-refractivity contribution in [3.05, 3.63) is 53.4 Å². The van der Waals surface area contributed by atoms with Crippen LogP contribution in [0.4, 0.5) is 5.82 Å². The number of fused-ring (bicyclic) bond motifs is 3. The van der Waals surface area contributed by atoms with E-state index in [0.29, 0.717) is 24.3 Å². The number of aryl methyl sites for hydroxylation is 1. The first kappa shape index (κ1) is 17.9. The van der Waals surface area contributed by atoms with E-state index in [4.69, 9.17) is 9.97 Å². The van der Waals surface area contributed by atoms with Crippen LogP contribution in [0.2, 0.25) is 0 Å². The van der Waals surface area contributed by atoms with Crippen LogP contribution in [0.3, 0.4) is 0 Å². The van der Waals surface area contributed by atoms with E-state index in [-0.39, 0.29) is 24.5 Å². The number of allylic oxidation sites excluding steroid dienone is 1. The van der Waals surface area contributed by atoms with Crippen molar-refractivity contribution in [2.45, 2.75) is 31.7 Å². The second kappa shape index (κ2) is 7.00. The minimum absolute atomic E-state index is 0.0440. The van der Waals surface area contributed by atoms with Crippen molar-refractivity contribution in [2.24, 2.45) is 0 Å². The van der Waals surface area contributed by atoms with Crippen molar-refractivity contribution in [3.8, 4) is 11.3 Å². The first-order valence-electron chi connectivity index (χ1n) is 9.97. The second-order valence-corrected chi connectivity index (χ2v) is 7.68. The lowest BCUT2D eigenvalue weighted by Crippen LogP contribution is -2.34. The molecule has 2 aromatic heterocycles. The molecule has 4 N–H and O–H groups in total. The lowest BCUT2D eigenvalue weighted by Gasteiger charge is -2.22. The Labute approximate surface area is 168 Å². The first-order chi connectivity index (χ1) is 14.1. The fourth-order valence-electron chi connectivity index (χ4n) is 4.20. The smallest absolute Gasteiger partial charge is 0.253 e. The van der Waals surface area contributed by atoms with Gasteiger partial charge in [0.2, 0.25) is 0 Å².